The van der Waals surface area contributed by atoms with Crippen molar-refractivity contribution in [2.24, 2.45) is 10.9 Å². The molecule has 0 amide bonds. The van der Waals surface area contributed by atoms with E-state index in [-0.39, 0.29) is 17.5 Å². The van der Waals surface area contributed by atoms with Crippen LogP contribution in [-0.2, 0) is 4.79 Å². The van der Waals surface area contributed by atoms with E-state index in [1.54, 1.807) is 0 Å². The molecule has 5 rings (SSSR count). The molecule has 0 saturated carbocycles. The summed E-state index contributed by atoms with van der Waals surface area (Å²) in [6.07, 6.45) is 2.14. The summed E-state index contributed by atoms with van der Waals surface area (Å²) >= 11 is 6.06. The maximum atomic E-state index is 13.2. The number of halogens is 1. The second kappa shape index (κ2) is 5.75. The predicted octanol–water partition coefficient (Wildman–Crippen LogP) is 4.75. The Kier molecular flexibility index (Phi) is 3.47. The largest absolute Gasteiger partial charge is 0.294 e. The average molecular weight is 362 g/mol. The SMILES string of the molecule is O=C1CCCC2=C1[C@H](c1ccc(Cl)cc1)C1C(=O)c3ccccc3C1=N2. The fourth-order valence-electron chi connectivity index (χ4n) is 4.48. The Balaban J connectivity index is 1.76. The fourth-order valence-corrected chi connectivity index (χ4v) is 4.60. The second-order valence-corrected chi connectivity index (χ2v) is 7.49. The van der Waals surface area contributed by atoms with Crippen molar-refractivity contribution in [3.05, 3.63) is 81.5 Å². The Labute approximate surface area is 156 Å². The molecular weight excluding hydrogens is 346 g/mol. The molecule has 3 aliphatic rings. The standard InChI is InChI=1S/C22H16ClNO2/c23-13-10-8-12(9-11-13)18-19-16(6-3-7-17(19)25)24-21-14-4-1-2-5-15(14)22(26)20(18)21/h1-2,4-5,8-11,18,20H,3,6-7H2/t18-,20?/m0/s1. The minimum absolute atomic E-state index is 0.0595. The number of Topliss-reactive ketones (excluding diaryl/α,β-unsaturated/α-hetero) is 2. The van der Waals surface area contributed by atoms with Crippen molar-refractivity contribution in [1.29, 1.82) is 0 Å². The van der Waals surface area contributed by atoms with E-state index in [2.05, 4.69) is 0 Å². The molecule has 0 radical (unpaired) electrons. The normalized spacial score (nSPS) is 24.1. The van der Waals surface area contributed by atoms with Gasteiger partial charge in [0, 0.05) is 39.8 Å². The minimum atomic E-state index is -0.422. The highest BCUT2D eigenvalue weighted by molar-refractivity contribution is 6.31. The van der Waals surface area contributed by atoms with E-state index in [9.17, 15) is 9.59 Å². The number of carbonyl (C=O) groups excluding carboxylic acids is 2. The first kappa shape index (κ1) is 15.7. The van der Waals surface area contributed by atoms with E-state index >= 15 is 0 Å². The molecule has 2 aromatic carbocycles. The number of nitrogens with zero attached hydrogens (tertiary/aromatic N) is 1. The molecule has 0 saturated heterocycles. The molecule has 1 heterocycles. The summed E-state index contributed by atoms with van der Waals surface area (Å²) in [7, 11) is 0. The lowest BCUT2D eigenvalue weighted by Gasteiger charge is -2.33. The van der Waals surface area contributed by atoms with Crippen LogP contribution >= 0.6 is 11.6 Å². The number of benzene rings is 2. The number of carbonyl (C=O) groups is 2. The first-order chi connectivity index (χ1) is 12.6. The first-order valence-corrected chi connectivity index (χ1v) is 9.27. The van der Waals surface area contributed by atoms with Crippen molar-refractivity contribution in [3.63, 3.8) is 0 Å². The third-order valence-corrected chi connectivity index (χ3v) is 5.86. The van der Waals surface area contributed by atoms with Crippen molar-refractivity contribution >= 4 is 28.9 Å². The molecule has 26 heavy (non-hydrogen) atoms. The Morgan fingerprint density at radius 1 is 0.885 bits per heavy atom. The summed E-state index contributed by atoms with van der Waals surface area (Å²) in [5.74, 6) is -0.515. The van der Waals surface area contributed by atoms with Crippen LogP contribution in [-0.4, -0.2) is 17.3 Å². The Bertz CT molecular complexity index is 1020. The highest BCUT2D eigenvalue weighted by Gasteiger charge is 2.48. The Hall–Kier alpha value is -2.52. The van der Waals surface area contributed by atoms with E-state index in [1.807, 2.05) is 48.5 Å². The summed E-state index contributed by atoms with van der Waals surface area (Å²) in [4.78, 5) is 30.8. The molecular formula is C22H16ClNO2. The molecule has 0 spiro atoms. The zero-order valence-corrected chi connectivity index (χ0v) is 14.8. The first-order valence-electron chi connectivity index (χ1n) is 8.89. The zero-order valence-electron chi connectivity index (χ0n) is 14.0. The third kappa shape index (κ3) is 2.17. The molecule has 2 aliphatic carbocycles. The van der Waals surface area contributed by atoms with Crippen molar-refractivity contribution in [1.82, 2.24) is 0 Å². The van der Waals surface area contributed by atoms with E-state index < -0.39 is 5.92 Å². The van der Waals surface area contributed by atoms with Gasteiger partial charge in [0.25, 0.3) is 0 Å². The maximum absolute atomic E-state index is 13.2. The van der Waals surface area contributed by atoms with Crippen molar-refractivity contribution in [2.45, 2.75) is 25.2 Å². The smallest absolute Gasteiger partial charge is 0.173 e. The van der Waals surface area contributed by atoms with Crippen LogP contribution in [0.3, 0.4) is 0 Å². The molecule has 0 bridgehead atoms. The van der Waals surface area contributed by atoms with Gasteiger partial charge in [0.1, 0.15) is 0 Å². The number of fused-ring (bicyclic) bond motifs is 3. The molecule has 1 unspecified atom stereocenters. The molecule has 0 N–H and O–H groups in total. The molecule has 2 aromatic rings. The van der Waals surface area contributed by atoms with E-state index in [0.717, 1.165) is 41.0 Å². The monoisotopic (exact) mass is 361 g/mol. The topological polar surface area (TPSA) is 46.5 Å². The molecule has 4 heteroatoms. The van der Waals surface area contributed by atoms with Crippen LogP contribution in [0.15, 0.2) is 64.8 Å². The van der Waals surface area contributed by atoms with Crippen LogP contribution < -0.4 is 0 Å². The van der Waals surface area contributed by atoms with Crippen LogP contribution in [0.1, 0.15) is 46.7 Å². The van der Waals surface area contributed by atoms with Gasteiger partial charge in [-0.25, -0.2) is 0 Å². The number of hydrogen-bond acceptors (Lipinski definition) is 3. The van der Waals surface area contributed by atoms with Crippen LogP contribution in [0.4, 0.5) is 0 Å². The van der Waals surface area contributed by atoms with Gasteiger partial charge >= 0.3 is 0 Å². The highest BCUT2D eigenvalue weighted by Crippen LogP contribution is 2.48. The summed E-state index contributed by atoms with van der Waals surface area (Å²) < 4.78 is 0. The van der Waals surface area contributed by atoms with Gasteiger partial charge < -0.3 is 0 Å². The number of allylic oxidation sites excluding steroid dienone is 2. The predicted molar refractivity (Wildman–Crippen MR) is 101 cm³/mol. The van der Waals surface area contributed by atoms with Gasteiger partial charge in [-0.05, 0) is 30.5 Å². The van der Waals surface area contributed by atoms with Gasteiger partial charge in [0.05, 0.1) is 11.6 Å². The van der Waals surface area contributed by atoms with Gasteiger partial charge in [-0.1, -0.05) is 48.0 Å². The lowest BCUT2D eigenvalue weighted by molar-refractivity contribution is -0.116. The molecule has 128 valence electrons. The summed E-state index contributed by atoms with van der Waals surface area (Å²) in [5.41, 5.74) is 4.98. The van der Waals surface area contributed by atoms with Crippen LogP contribution in [0.25, 0.3) is 0 Å². The van der Waals surface area contributed by atoms with Crippen LogP contribution in [0.2, 0.25) is 5.02 Å². The molecule has 1 aliphatic heterocycles. The van der Waals surface area contributed by atoms with Crippen molar-refractivity contribution in [2.75, 3.05) is 0 Å². The minimum Gasteiger partial charge on any atom is -0.294 e. The summed E-state index contributed by atoms with van der Waals surface area (Å²) in [6.45, 7) is 0. The second-order valence-electron chi connectivity index (χ2n) is 7.05. The number of hydrogen-bond donors (Lipinski definition) is 0. The molecule has 0 fully saturated rings. The van der Waals surface area contributed by atoms with Gasteiger partial charge in [-0.15, -0.1) is 0 Å². The van der Waals surface area contributed by atoms with Gasteiger partial charge in [0.15, 0.2) is 11.6 Å². The van der Waals surface area contributed by atoms with Crippen LogP contribution in [0.5, 0.6) is 0 Å². The fraction of sp³-hybridized carbons (Fsp3) is 0.227. The van der Waals surface area contributed by atoms with E-state index in [0.29, 0.717) is 17.0 Å². The highest BCUT2D eigenvalue weighted by atomic mass is 35.5. The van der Waals surface area contributed by atoms with Crippen molar-refractivity contribution in [3.8, 4) is 0 Å². The van der Waals surface area contributed by atoms with Gasteiger partial charge in [0.2, 0.25) is 0 Å². The maximum Gasteiger partial charge on any atom is 0.173 e. The van der Waals surface area contributed by atoms with E-state index in [1.165, 1.54) is 0 Å². The quantitative estimate of drug-likeness (QED) is 0.736. The van der Waals surface area contributed by atoms with Gasteiger partial charge in [-0.2, -0.15) is 0 Å². The number of ketones is 2. The van der Waals surface area contributed by atoms with Gasteiger partial charge in [-0.3, -0.25) is 14.6 Å². The molecule has 0 aromatic heterocycles. The summed E-state index contributed by atoms with van der Waals surface area (Å²) in [5, 5.41) is 0.642. The van der Waals surface area contributed by atoms with Crippen LogP contribution in [0, 0.1) is 5.92 Å². The van der Waals surface area contributed by atoms with E-state index in [4.69, 9.17) is 16.6 Å². The summed E-state index contributed by atoms with van der Waals surface area (Å²) in [6, 6.07) is 15.1. The number of aliphatic imine (C=N–C) groups is 1. The molecule has 3 nitrogen and oxygen atoms in total. The van der Waals surface area contributed by atoms with Crippen molar-refractivity contribution < 1.29 is 9.59 Å². The third-order valence-electron chi connectivity index (χ3n) is 5.60. The average Bonchev–Trinajstić information content (AvgIpc) is 2.94. The zero-order chi connectivity index (χ0) is 17.8. The lowest BCUT2D eigenvalue weighted by Crippen LogP contribution is -2.33. The lowest BCUT2D eigenvalue weighted by atomic mass is 9.71. The number of rotatable bonds is 1. The molecule has 2 atom stereocenters. The Morgan fingerprint density at radius 3 is 2.38 bits per heavy atom. The Morgan fingerprint density at radius 2 is 1.62 bits per heavy atom.